The maximum absolute atomic E-state index is 8.90. The molecule has 1 saturated carbocycles. The zero-order chi connectivity index (χ0) is 9.52. The number of hydrogen-bond donors (Lipinski definition) is 3. The molecule has 3 N–H and O–H groups in total. The molecule has 3 heteroatoms. The quantitative estimate of drug-likeness (QED) is 0.566. The fourth-order valence-electron chi connectivity index (χ4n) is 1.94. The first-order valence-electron chi connectivity index (χ1n) is 5.34. The van der Waals surface area contributed by atoms with Gasteiger partial charge in [0.05, 0.1) is 19.3 Å². The topological polar surface area (TPSA) is 52.5 Å². The van der Waals surface area contributed by atoms with E-state index in [2.05, 4.69) is 5.32 Å². The molecule has 1 fully saturated rings. The van der Waals surface area contributed by atoms with E-state index in [0.29, 0.717) is 6.04 Å². The Kier molecular flexibility index (Phi) is 5.35. The smallest absolute Gasteiger partial charge is 0.0607 e. The highest BCUT2D eigenvalue weighted by Gasteiger charge is 2.15. The highest BCUT2D eigenvalue weighted by molar-refractivity contribution is 4.75. The van der Waals surface area contributed by atoms with Crippen molar-refractivity contribution in [3.63, 3.8) is 0 Å². The molecule has 1 aliphatic rings. The lowest BCUT2D eigenvalue weighted by Gasteiger charge is -2.21. The lowest BCUT2D eigenvalue weighted by Crippen LogP contribution is -2.42. The van der Waals surface area contributed by atoms with Gasteiger partial charge in [0.2, 0.25) is 0 Å². The van der Waals surface area contributed by atoms with Gasteiger partial charge in [0.1, 0.15) is 0 Å². The van der Waals surface area contributed by atoms with Crippen LogP contribution in [-0.2, 0) is 0 Å². The summed E-state index contributed by atoms with van der Waals surface area (Å²) in [5.41, 5.74) is 0. The molecule has 0 aromatic carbocycles. The first kappa shape index (κ1) is 11.0. The van der Waals surface area contributed by atoms with Crippen molar-refractivity contribution in [1.82, 2.24) is 5.32 Å². The van der Waals surface area contributed by atoms with Gasteiger partial charge in [-0.25, -0.2) is 0 Å². The average Bonchev–Trinajstić information content (AvgIpc) is 2.42. The van der Waals surface area contributed by atoms with Crippen LogP contribution in [0.15, 0.2) is 0 Å². The van der Waals surface area contributed by atoms with E-state index in [9.17, 15) is 0 Å². The van der Waals surface area contributed by atoms with Crippen molar-refractivity contribution in [2.45, 2.75) is 50.6 Å². The summed E-state index contributed by atoms with van der Waals surface area (Å²) in [5, 5.41) is 21.1. The third-order valence-corrected chi connectivity index (χ3v) is 2.77. The van der Waals surface area contributed by atoms with Crippen molar-refractivity contribution in [2.75, 3.05) is 13.2 Å². The maximum atomic E-state index is 8.90. The Morgan fingerprint density at radius 3 is 2.00 bits per heavy atom. The van der Waals surface area contributed by atoms with Crippen LogP contribution in [0.25, 0.3) is 0 Å². The molecule has 0 aromatic heterocycles. The Labute approximate surface area is 80.2 Å². The first-order chi connectivity index (χ1) is 6.36. The molecule has 0 unspecified atom stereocenters. The number of aliphatic hydroxyl groups is 2. The molecule has 3 nitrogen and oxygen atoms in total. The van der Waals surface area contributed by atoms with E-state index in [0.717, 1.165) is 0 Å². The van der Waals surface area contributed by atoms with Gasteiger partial charge in [-0.05, 0) is 12.8 Å². The van der Waals surface area contributed by atoms with Gasteiger partial charge in [0.25, 0.3) is 0 Å². The van der Waals surface area contributed by atoms with Gasteiger partial charge in [-0.3, -0.25) is 0 Å². The van der Waals surface area contributed by atoms with Crippen LogP contribution >= 0.6 is 0 Å². The fraction of sp³-hybridized carbons (Fsp3) is 1.00. The van der Waals surface area contributed by atoms with E-state index in [4.69, 9.17) is 10.2 Å². The van der Waals surface area contributed by atoms with Crippen molar-refractivity contribution in [3.05, 3.63) is 0 Å². The van der Waals surface area contributed by atoms with Crippen LogP contribution in [0.3, 0.4) is 0 Å². The molecule has 0 saturated heterocycles. The molecule has 78 valence electrons. The molecule has 0 atom stereocenters. The lowest BCUT2D eigenvalue weighted by molar-refractivity contribution is 0.159. The lowest BCUT2D eigenvalue weighted by atomic mass is 10.1. The van der Waals surface area contributed by atoms with E-state index in [1.54, 1.807) is 0 Å². The summed E-state index contributed by atoms with van der Waals surface area (Å²) in [5.74, 6) is 0. The first-order valence-corrected chi connectivity index (χ1v) is 5.34. The summed E-state index contributed by atoms with van der Waals surface area (Å²) in [6, 6.07) is 0.384. The molecule has 1 aliphatic carbocycles. The molecular formula is C10H21NO2. The number of aliphatic hydroxyl groups excluding tert-OH is 2. The predicted molar refractivity (Wildman–Crippen MR) is 52.6 cm³/mol. The Morgan fingerprint density at radius 2 is 1.54 bits per heavy atom. The van der Waals surface area contributed by atoms with Crippen LogP contribution in [0.1, 0.15) is 38.5 Å². The Morgan fingerprint density at radius 1 is 1.00 bits per heavy atom. The summed E-state index contributed by atoms with van der Waals surface area (Å²) in [6.07, 6.45) is 7.61. The van der Waals surface area contributed by atoms with Crippen LogP contribution in [0.2, 0.25) is 0 Å². The van der Waals surface area contributed by atoms with Crippen LogP contribution in [0.5, 0.6) is 0 Å². The molecular weight excluding hydrogens is 166 g/mol. The molecule has 13 heavy (non-hydrogen) atoms. The SMILES string of the molecule is OCC(CO)NC1CCCCCC1. The van der Waals surface area contributed by atoms with Crippen molar-refractivity contribution >= 4 is 0 Å². The van der Waals surface area contributed by atoms with Crippen LogP contribution < -0.4 is 5.32 Å². The van der Waals surface area contributed by atoms with E-state index < -0.39 is 0 Å². The summed E-state index contributed by atoms with van der Waals surface area (Å²) in [7, 11) is 0. The third-order valence-electron chi connectivity index (χ3n) is 2.77. The highest BCUT2D eigenvalue weighted by atomic mass is 16.3. The van der Waals surface area contributed by atoms with Crippen molar-refractivity contribution in [2.24, 2.45) is 0 Å². The zero-order valence-electron chi connectivity index (χ0n) is 8.21. The number of rotatable bonds is 4. The van der Waals surface area contributed by atoms with Gasteiger partial charge < -0.3 is 15.5 Å². The Hall–Kier alpha value is -0.120. The minimum absolute atomic E-state index is 0.0347. The van der Waals surface area contributed by atoms with Gasteiger partial charge in [0.15, 0.2) is 0 Å². The molecule has 0 heterocycles. The maximum Gasteiger partial charge on any atom is 0.0607 e. The number of nitrogens with one attached hydrogen (secondary N) is 1. The summed E-state index contributed by atoms with van der Waals surface area (Å²) in [4.78, 5) is 0. The molecule has 0 bridgehead atoms. The predicted octanol–water partition coefficient (Wildman–Crippen LogP) is 0.652. The van der Waals surface area contributed by atoms with Crippen LogP contribution in [0, 0.1) is 0 Å². The van der Waals surface area contributed by atoms with Crippen molar-refractivity contribution in [1.29, 1.82) is 0 Å². The molecule has 0 spiro atoms. The van der Waals surface area contributed by atoms with Gasteiger partial charge >= 0.3 is 0 Å². The van der Waals surface area contributed by atoms with Gasteiger partial charge in [-0.15, -0.1) is 0 Å². The standard InChI is InChI=1S/C10H21NO2/c12-7-10(8-13)11-9-5-3-1-2-4-6-9/h9-13H,1-8H2. The molecule has 0 radical (unpaired) electrons. The fourth-order valence-corrected chi connectivity index (χ4v) is 1.94. The second-order valence-electron chi connectivity index (χ2n) is 3.92. The molecule has 1 rings (SSSR count). The average molecular weight is 187 g/mol. The van der Waals surface area contributed by atoms with Gasteiger partial charge in [-0.1, -0.05) is 25.7 Å². The minimum Gasteiger partial charge on any atom is -0.395 e. The molecule has 0 amide bonds. The van der Waals surface area contributed by atoms with Crippen molar-refractivity contribution in [3.8, 4) is 0 Å². The monoisotopic (exact) mass is 187 g/mol. The highest BCUT2D eigenvalue weighted by Crippen LogP contribution is 2.17. The third kappa shape index (κ3) is 4.07. The Balaban J connectivity index is 2.24. The van der Waals surface area contributed by atoms with E-state index >= 15 is 0 Å². The zero-order valence-corrected chi connectivity index (χ0v) is 8.21. The van der Waals surface area contributed by atoms with Crippen molar-refractivity contribution < 1.29 is 10.2 Å². The Bertz CT molecular complexity index is 118. The molecule has 0 aromatic rings. The molecule has 0 aliphatic heterocycles. The van der Waals surface area contributed by atoms with E-state index in [1.165, 1.54) is 38.5 Å². The second kappa shape index (κ2) is 6.35. The van der Waals surface area contributed by atoms with Gasteiger partial charge in [-0.2, -0.15) is 0 Å². The number of hydrogen-bond acceptors (Lipinski definition) is 3. The second-order valence-corrected chi connectivity index (χ2v) is 3.92. The summed E-state index contributed by atoms with van der Waals surface area (Å²) < 4.78 is 0. The summed E-state index contributed by atoms with van der Waals surface area (Å²) >= 11 is 0. The minimum atomic E-state index is -0.122. The van der Waals surface area contributed by atoms with Gasteiger partial charge in [0, 0.05) is 6.04 Å². The van der Waals surface area contributed by atoms with Crippen LogP contribution in [-0.4, -0.2) is 35.5 Å². The van der Waals surface area contributed by atoms with E-state index in [1.807, 2.05) is 0 Å². The summed E-state index contributed by atoms with van der Waals surface area (Å²) in [6.45, 7) is 0.0694. The largest absolute Gasteiger partial charge is 0.395 e. The van der Waals surface area contributed by atoms with Crippen LogP contribution in [0.4, 0.5) is 0 Å². The normalized spacial score (nSPS) is 20.5. The van der Waals surface area contributed by atoms with E-state index in [-0.39, 0.29) is 19.3 Å².